The van der Waals surface area contributed by atoms with Crippen LogP contribution in [0, 0.1) is 0 Å². The summed E-state index contributed by atoms with van der Waals surface area (Å²) < 4.78 is 5.71. The molecule has 4 nitrogen and oxygen atoms in total. The highest BCUT2D eigenvalue weighted by Crippen LogP contribution is 2.25. The van der Waals surface area contributed by atoms with Crippen LogP contribution in [0.5, 0.6) is 5.75 Å². The van der Waals surface area contributed by atoms with E-state index in [1.807, 2.05) is 13.0 Å². The first-order chi connectivity index (χ1) is 10.5. The fraction of sp³-hybridized carbons (Fsp3) is 0.588. The third-order valence-electron chi connectivity index (χ3n) is 2.96. The Morgan fingerprint density at radius 3 is 2.55 bits per heavy atom. The van der Waals surface area contributed by atoms with Crippen LogP contribution < -0.4 is 10.5 Å². The molecule has 0 unspecified atom stereocenters. The topological polar surface area (TPSA) is 72.5 Å². The molecule has 22 heavy (non-hydrogen) atoms. The van der Waals surface area contributed by atoms with E-state index in [2.05, 4.69) is 26.0 Å². The zero-order chi connectivity index (χ0) is 17.0. The lowest BCUT2D eigenvalue weighted by atomic mass is 10.00. The van der Waals surface area contributed by atoms with Crippen molar-refractivity contribution in [2.45, 2.75) is 46.0 Å². The molecule has 0 aliphatic rings. The summed E-state index contributed by atoms with van der Waals surface area (Å²) in [5.74, 6) is 1.21. The van der Waals surface area contributed by atoms with Crippen molar-refractivity contribution in [2.24, 2.45) is 5.73 Å². The number of benzene rings is 1. The zero-order valence-electron chi connectivity index (χ0n) is 13.8. The molecule has 126 valence electrons. The van der Waals surface area contributed by atoms with Gasteiger partial charge in [-0.2, -0.15) is 0 Å². The van der Waals surface area contributed by atoms with Crippen LogP contribution in [0.2, 0.25) is 0 Å². The Kier molecular flexibility index (Phi) is 11.6. The predicted octanol–water partition coefficient (Wildman–Crippen LogP) is 3.80. The maximum absolute atomic E-state index is 10.5. The summed E-state index contributed by atoms with van der Waals surface area (Å²) in [4.78, 5) is 10.5. The second-order valence-electron chi connectivity index (χ2n) is 5.17. The summed E-state index contributed by atoms with van der Waals surface area (Å²) in [5, 5.41) is 8.59. The fourth-order valence-corrected chi connectivity index (χ4v) is 1.83. The first-order valence-electron chi connectivity index (χ1n) is 7.69. The number of alkyl halides is 1. The molecule has 0 atom stereocenters. The van der Waals surface area contributed by atoms with Crippen molar-refractivity contribution in [3.63, 3.8) is 0 Å². The molecule has 1 aromatic carbocycles. The van der Waals surface area contributed by atoms with Crippen LogP contribution in [-0.4, -0.2) is 30.1 Å². The third-order valence-corrected chi connectivity index (χ3v) is 2.96. The average Bonchev–Trinajstić information content (AvgIpc) is 2.45. The molecule has 0 fully saturated rings. The largest absolute Gasteiger partial charge is 0.493 e. The Hall–Kier alpha value is -1.26. The quantitative estimate of drug-likeness (QED) is 0.562. The van der Waals surface area contributed by atoms with E-state index in [4.69, 9.17) is 27.2 Å². The summed E-state index contributed by atoms with van der Waals surface area (Å²) in [6, 6.07) is 6.19. The molecule has 0 aromatic heterocycles. The molecular formula is C17H28ClNO3. The molecule has 1 aromatic rings. The maximum Gasteiger partial charge on any atom is 0.303 e. The van der Waals surface area contributed by atoms with Crippen LogP contribution in [0.1, 0.15) is 50.7 Å². The molecule has 3 N–H and O–H groups in total. The third kappa shape index (κ3) is 8.90. The lowest BCUT2D eigenvalue weighted by molar-refractivity contribution is -0.137. The van der Waals surface area contributed by atoms with E-state index >= 15 is 0 Å². The van der Waals surface area contributed by atoms with E-state index in [9.17, 15) is 4.79 Å². The van der Waals surface area contributed by atoms with Gasteiger partial charge in [-0.1, -0.05) is 32.9 Å². The summed E-state index contributed by atoms with van der Waals surface area (Å²) in [6.45, 7) is 7.15. The number of aliphatic carboxylic acids is 1. The fourth-order valence-electron chi connectivity index (χ4n) is 1.83. The van der Waals surface area contributed by atoms with Gasteiger partial charge in [-0.25, -0.2) is 0 Å². The first-order valence-corrected chi connectivity index (χ1v) is 8.23. The van der Waals surface area contributed by atoms with Crippen LogP contribution in [-0.2, 0) is 11.2 Å². The molecule has 0 spiro atoms. The van der Waals surface area contributed by atoms with Crippen molar-refractivity contribution in [2.75, 3.05) is 19.0 Å². The summed E-state index contributed by atoms with van der Waals surface area (Å²) in [6.07, 6.45) is 1.42. The van der Waals surface area contributed by atoms with E-state index in [1.54, 1.807) is 0 Å². The van der Waals surface area contributed by atoms with Crippen molar-refractivity contribution in [1.82, 2.24) is 0 Å². The van der Waals surface area contributed by atoms with E-state index in [0.29, 0.717) is 25.5 Å². The molecule has 0 amide bonds. The highest BCUT2D eigenvalue weighted by Gasteiger charge is 2.07. The van der Waals surface area contributed by atoms with Crippen molar-refractivity contribution in [3.8, 4) is 5.75 Å². The SMILES string of the molecule is CC(C)c1ccc(CCN)c(OCCCC(=O)O)c1.CCCl. The Morgan fingerprint density at radius 1 is 1.41 bits per heavy atom. The maximum atomic E-state index is 10.5. The van der Waals surface area contributed by atoms with Gasteiger partial charge in [0.2, 0.25) is 0 Å². The number of nitrogens with two attached hydrogens (primary N) is 1. The van der Waals surface area contributed by atoms with Crippen LogP contribution in [0.15, 0.2) is 18.2 Å². The van der Waals surface area contributed by atoms with Gasteiger partial charge in [0.15, 0.2) is 0 Å². The number of halogens is 1. The smallest absolute Gasteiger partial charge is 0.303 e. The standard InChI is InChI=1S/C15H23NO3.C2H5Cl/c1-11(2)13-6-5-12(7-8-16)14(10-13)19-9-3-4-15(17)18;1-2-3/h5-6,10-11H,3-4,7-9,16H2,1-2H3,(H,17,18);2H2,1H3. The van der Waals surface area contributed by atoms with Gasteiger partial charge in [0.1, 0.15) is 5.75 Å². The molecule has 0 saturated carbocycles. The van der Waals surface area contributed by atoms with Crippen LogP contribution in [0.3, 0.4) is 0 Å². The number of carbonyl (C=O) groups is 1. The van der Waals surface area contributed by atoms with Crippen LogP contribution >= 0.6 is 11.6 Å². The summed E-state index contributed by atoms with van der Waals surface area (Å²) >= 11 is 5.00. The van der Waals surface area contributed by atoms with Gasteiger partial charge in [-0.15, -0.1) is 11.6 Å². The number of ether oxygens (including phenoxy) is 1. The van der Waals surface area contributed by atoms with Crippen molar-refractivity contribution < 1.29 is 14.6 Å². The number of hydrogen-bond donors (Lipinski definition) is 2. The predicted molar refractivity (Wildman–Crippen MR) is 92.0 cm³/mol. The van der Waals surface area contributed by atoms with Gasteiger partial charge >= 0.3 is 5.97 Å². The van der Waals surface area contributed by atoms with Gasteiger partial charge in [-0.3, -0.25) is 4.79 Å². The Morgan fingerprint density at radius 2 is 2.05 bits per heavy atom. The Labute approximate surface area is 138 Å². The molecule has 0 saturated heterocycles. The molecular weight excluding hydrogens is 302 g/mol. The van der Waals surface area contributed by atoms with E-state index in [0.717, 1.165) is 23.6 Å². The second-order valence-corrected chi connectivity index (χ2v) is 5.71. The molecule has 0 aliphatic heterocycles. The molecule has 5 heteroatoms. The second kappa shape index (κ2) is 12.3. The van der Waals surface area contributed by atoms with Gasteiger partial charge < -0.3 is 15.6 Å². The van der Waals surface area contributed by atoms with Crippen LogP contribution in [0.25, 0.3) is 0 Å². The lowest BCUT2D eigenvalue weighted by Gasteiger charge is -2.14. The van der Waals surface area contributed by atoms with E-state index < -0.39 is 5.97 Å². The lowest BCUT2D eigenvalue weighted by Crippen LogP contribution is -2.08. The number of hydrogen-bond acceptors (Lipinski definition) is 3. The van der Waals surface area contributed by atoms with Gasteiger partial charge in [0, 0.05) is 12.3 Å². The Balaban J connectivity index is 0.00000135. The normalized spacial score (nSPS) is 10.1. The van der Waals surface area contributed by atoms with E-state index in [1.165, 1.54) is 5.56 Å². The molecule has 0 heterocycles. The number of carboxylic acids is 1. The highest BCUT2D eigenvalue weighted by molar-refractivity contribution is 6.17. The van der Waals surface area contributed by atoms with Gasteiger partial charge in [0.05, 0.1) is 6.61 Å². The minimum Gasteiger partial charge on any atom is -0.493 e. The monoisotopic (exact) mass is 329 g/mol. The number of rotatable bonds is 8. The highest BCUT2D eigenvalue weighted by atomic mass is 35.5. The number of carboxylic acid groups (broad SMARTS) is 1. The summed E-state index contributed by atoms with van der Waals surface area (Å²) in [7, 11) is 0. The van der Waals surface area contributed by atoms with Crippen molar-refractivity contribution in [3.05, 3.63) is 29.3 Å². The zero-order valence-corrected chi connectivity index (χ0v) is 14.5. The van der Waals surface area contributed by atoms with Crippen molar-refractivity contribution >= 4 is 17.6 Å². The minimum atomic E-state index is -0.790. The molecule has 0 bridgehead atoms. The van der Waals surface area contributed by atoms with Gasteiger partial charge in [0.25, 0.3) is 0 Å². The minimum absolute atomic E-state index is 0.135. The van der Waals surface area contributed by atoms with Gasteiger partial charge in [-0.05, 0) is 42.5 Å². The first kappa shape index (κ1) is 20.7. The molecule has 1 rings (SSSR count). The summed E-state index contributed by atoms with van der Waals surface area (Å²) in [5.41, 5.74) is 7.89. The average molecular weight is 330 g/mol. The van der Waals surface area contributed by atoms with Crippen LogP contribution in [0.4, 0.5) is 0 Å². The molecule has 0 aliphatic carbocycles. The molecule has 0 radical (unpaired) electrons. The Bertz CT molecular complexity index is 436. The van der Waals surface area contributed by atoms with E-state index in [-0.39, 0.29) is 6.42 Å². The van der Waals surface area contributed by atoms with Crippen molar-refractivity contribution in [1.29, 1.82) is 0 Å².